The van der Waals surface area contributed by atoms with Crippen LogP contribution in [0.2, 0.25) is 0 Å². The Kier molecular flexibility index (Phi) is 3.74. The highest BCUT2D eigenvalue weighted by atomic mass is 32.2. The SMILES string of the molecule is O=S(=O)(N[C@@H](c1ccccc1)C1CC1)c1ccc2c(c1)CCC2. The molecule has 0 radical (unpaired) electrons. The summed E-state index contributed by atoms with van der Waals surface area (Å²) < 4.78 is 28.6. The van der Waals surface area contributed by atoms with Gasteiger partial charge in [-0.3, -0.25) is 0 Å². The number of benzene rings is 2. The zero-order valence-electron chi connectivity index (χ0n) is 13.0. The summed E-state index contributed by atoms with van der Waals surface area (Å²) in [6.45, 7) is 0. The van der Waals surface area contributed by atoms with Crippen molar-refractivity contribution in [3.8, 4) is 0 Å². The van der Waals surface area contributed by atoms with E-state index in [0.29, 0.717) is 10.8 Å². The average Bonchev–Trinajstić information content (AvgIpc) is 3.30. The third kappa shape index (κ3) is 3.06. The van der Waals surface area contributed by atoms with Crippen LogP contribution in [0.5, 0.6) is 0 Å². The molecule has 0 aromatic heterocycles. The van der Waals surface area contributed by atoms with Gasteiger partial charge in [-0.15, -0.1) is 0 Å². The molecule has 0 amide bonds. The van der Waals surface area contributed by atoms with E-state index in [0.717, 1.165) is 37.7 Å². The van der Waals surface area contributed by atoms with Gasteiger partial charge >= 0.3 is 0 Å². The highest BCUT2D eigenvalue weighted by Gasteiger charge is 2.35. The van der Waals surface area contributed by atoms with E-state index in [1.54, 1.807) is 6.07 Å². The maximum Gasteiger partial charge on any atom is 0.241 e. The monoisotopic (exact) mass is 327 g/mol. The van der Waals surface area contributed by atoms with Gasteiger partial charge in [-0.05, 0) is 66.8 Å². The minimum absolute atomic E-state index is 0.116. The van der Waals surface area contributed by atoms with Gasteiger partial charge in [-0.2, -0.15) is 0 Å². The molecule has 2 aromatic carbocycles. The number of hydrogen-bond donors (Lipinski definition) is 1. The Morgan fingerprint density at radius 3 is 2.43 bits per heavy atom. The lowest BCUT2D eigenvalue weighted by Crippen LogP contribution is -2.30. The summed E-state index contributed by atoms with van der Waals surface area (Å²) in [5.74, 6) is 0.418. The molecule has 0 unspecified atom stereocenters. The molecule has 0 saturated heterocycles. The van der Waals surface area contributed by atoms with Crippen LogP contribution >= 0.6 is 0 Å². The van der Waals surface area contributed by atoms with Crippen LogP contribution < -0.4 is 4.72 Å². The predicted octanol–water partition coefficient (Wildman–Crippen LogP) is 3.60. The number of aryl methyl sites for hydroxylation is 2. The molecule has 1 saturated carbocycles. The van der Waals surface area contributed by atoms with E-state index < -0.39 is 10.0 Å². The highest BCUT2D eigenvalue weighted by Crippen LogP contribution is 2.41. The quantitative estimate of drug-likeness (QED) is 0.912. The van der Waals surface area contributed by atoms with Crippen molar-refractivity contribution in [2.75, 3.05) is 0 Å². The van der Waals surface area contributed by atoms with E-state index >= 15 is 0 Å². The molecule has 0 heterocycles. The first-order chi connectivity index (χ1) is 11.1. The standard InChI is InChI=1S/C19H21NO2S/c21-23(22,18-12-11-14-7-4-8-17(14)13-18)20-19(16-9-10-16)15-5-2-1-3-6-15/h1-3,5-6,11-13,16,19-20H,4,7-10H2/t19-/m0/s1. The van der Waals surface area contributed by atoms with Crippen LogP contribution in [0.1, 0.15) is 42.0 Å². The third-order valence-electron chi connectivity index (χ3n) is 4.91. The zero-order chi connectivity index (χ0) is 15.9. The Hall–Kier alpha value is -1.65. The van der Waals surface area contributed by atoms with Crippen LogP contribution in [0.4, 0.5) is 0 Å². The number of nitrogens with one attached hydrogen (secondary N) is 1. The molecule has 2 aliphatic carbocycles. The molecule has 1 N–H and O–H groups in total. The minimum Gasteiger partial charge on any atom is -0.207 e. The fraction of sp³-hybridized carbons (Fsp3) is 0.368. The van der Waals surface area contributed by atoms with Crippen molar-refractivity contribution in [3.63, 3.8) is 0 Å². The largest absolute Gasteiger partial charge is 0.241 e. The summed E-state index contributed by atoms with van der Waals surface area (Å²) >= 11 is 0. The van der Waals surface area contributed by atoms with Gasteiger partial charge in [0.2, 0.25) is 10.0 Å². The number of fused-ring (bicyclic) bond motifs is 1. The number of rotatable bonds is 5. The molecule has 120 valence electrons. The number of hydrogen-bond acceptors (Lipinski definition) is 2. The van der Waals surface area contributed by atoms with E-state index in [-0.39, 0.29) is 6.04 Å². The Bertz CT molecular complexity index is 811. The van der Waals surface area contributed by atoms with Crippen molar-refractivity contribution in [2.45, 2.75) is 43.0 Å². The normalized spacial score (nSPS) is 18.6. The smallest absolute Gasteiger partial charge is 0.207 e. The Morgan fingerprint density at radius 2 is 1.70 bits per heavy atom. The van der Waals surface area contributed by atoms with Crippen molar-refractivity contribution in [3.05, 3.63) is 65.2 Å². The molecular formula is C19H21NO2S. The summed E-state index contributed by atoms with van der Waals surface area (Å²) in [6.07, 6.45) is 5.36. The van der Waals surface area contributed by atoms with E-state index in [1.807, 2.05) is 42.5 Å². The number of sulfonamides is 1. The van der Waals surface area contributed by atoms with Gasteiger partial charge in [0, 0.05) is 6.04 Å². The predicted molar refractivity (Wildman–Crippen MR) is 90.7 cm³/mol. The van der Waals surface area contributed by atoms with Crippen molar-refractivity contribution < 1.29 is 8.42 Å². The Morgan fingerprint density at radius 1 is 0.957 bits per heavy atom. The summed E-state index contributed by atoms with van der Waals surface area (Å²) in [5, 5.41) is 0. The zero-order valence-corrected chi connectivity index (χ0v) is 13.9. The molecule has 2 aromatic rings. The molecule has 0 spiro atoms. The summed E-state index contributed by atoms with van der Waals surface area (Å²) in [7, 11) is -3.48. The highest BCUT2D eigenvalue weighted by molar-refractivity contribution is 7.89. The van der Waals surface area contributed by atoms with Crippen LogP contribution in [-0.2, 0) is 22.9 Å². The van der Waals surface area contributed by atoms with Gasteiger partial charge < -0.3 is 0 Å². The first-order valence-corrected chi connectivity index (χ1v) is 9.81. The lowest BCUT2D eigenvalue weighted by Gasteiger charge is -2.19. The summed E-state index contributed by atoms with van der Waals surface area (Å²) in [4.78, 5) is 0.403. The van der Waals surface area contributed by atoms with Crippen LogP contribution in [0.3, 0.4) is 0 Å². The van der Waals surface area contributed by atoms with Crippen molar-refractivity contribution in [2.24, 2.45) is 5.92 Å². The maximum atomic E-state index is 12.8. The molecule has 2 aliphatic rings. The molecule has 23 heavy (non-hydrogen) atoms. The topological polar surface area (TPSA) is 46.2 Å². The Balaban J connectivity index is 1.63. The van der Waals surface area contributed by atoms with Crippen LogP contribution in [0.15, 0.2) is 53.4 Å². The summed E-state index contributed by atoms with van der Waals surface area (Å²) in [6, 6.07) is 15.4. The van der Waals surface area contributed by atoms with Crippen molar-refractivity contribution in [1.29, 1.82) is 0 Å². The Labute approximate surface area is 137 Å². The second kappa shape index (κ2) is 5.77. The fourth-order valence-corrected chi connectivity index (χ4v) is 4.82. The maximum absolute atomic E-state index is 12.8. The molecule has 0 bridgehead atoms. The van der Waals surface area contributed by atoms with Crippen LogP contribution in [-0.4, -0.2) is 8.42 Å². The van der Waals surface area contributed by atoms with E-state index in [1.165, 1.54) is 11.1 Å². The molecule has 1 fully saturated rings. The van der Waals surface area contributed by atoms with E-state index in [9.17, 15) is 8.42 Å². The molecule has 3 nitrogen and oxygen atoms in total. The van der Waals surface area contributed by atoms with E-state index in [2.05, 4.69) is 4.72 Å². The van der Waals surface area contributed by atoms with Gasteiger partial charge in [0.25, 0.3) is 0 Å². The van der Waals surface area contributed by atoms with Crippen molar-refractivity contribution in [1.82, 2.24) is 4.72 Å². The second-order valence-corrected chi connectivity index (χ2v) is 8.35. The van der Waals surface area contributed by atoms with Gasteiger partial charge in [0.1, 0.15) is 0 Å². The van der Waals surface area contributed by atoms with Crippen molar-refractivity contribution >= 4 is 10.0 Å². The lowest BCUT2D eigenvalue weighted by molar-refractivity contribution is 0.529. The summed E-state index contributed by atoms with van der Waals surface area (Å²) in [5.41, 5.74) is 3.54. The van der Waals surface area contributed by atoms with Crippen LogP contribution in [0, 0.1) is 5.92 Å². The van der Waals surface area contributed by atoms with Gasteiger partial charge in [0.15, 0.2) is 0 Å². The first-order valence-electron chi connectivity index (χ1n) is 8.32. The minimum atomic E-state index is -3.48. The molecule has 0 aliphatic heterocycles. The van der Waals surface area contributed by atoms with Gasteiger partial charge in [-0.1, -0.05) is 36.4 Å². The average molecular weight is 327 g/mol. The third-order valence-corrected chi connectivity index (χ3v) is 6.35. The van der Waals surface area contributed by atoms with Gasteiger partial charge in [0.05, 0.1) is 4.90 Å². The second-order valence-electron chi connectivity index (χ2n) is 6.63. The molecule has 1 atom stereocenters. The molecule has 4 rings (SSSR count). The molecule has 4 heteroatoms. The van der Waals surface area contributed by atoms with E-state index in [4.69, 9.17) is 0 Å². The molecular weight excluding hydrogens is 306 g/mol. The first kappa shape index (κ1) is 14.9. The fourth-order valence-electron chi connectivity index (χ4n) is 3.48. The van der Waals surface area contributed by atoms with Gasteiger partial charge in [-0.25, -0.2) is 13.1 Å². The lowest BCUT2D eigenvalue weighted by atomic mass is 10.0. The van der Waals surface area contributed by atoms with Crippen LogP contribution in [0.25, 0.3) is 0 Å².